The molecule has 0 heterocycles. The Balaban J connectivity index is 3.17. The topological polar surface area (TPSA) is 70.0 Å². The van der Waals surface area contributed by atoms with Gasteiger partial charge in [0.05, 0.1) is 11.1 Å². The van der Waals surface area contributed by atoms with Crippen LogP contribution >= 0.6 is 0 Å². The number of nitriles is 1. The van der Waals surface area contributed by atoms with Crippen molar-refractivity contribution < 1.29 is 14.0 Å². The highest BCUT2D eigenvalue weighted by molar-refractivity contribution is 6.00. The summed E-state index contributed by atoms with van der Waals surface area (Å²) in [5, 5.41) is 10.2. The maximum Gasteiger partial charge on any atom is 0.260 e. The average Bonchev–Trinajstić information content (AvgIpc) is 2.18. The molecular formula is C9H5FN2O2. The lowest BCUT2D eigenvalue weighted by molar-refractivity contribution is -0.108. The summed E-state index contributed by atoms with van der Waals surface area (Å²) in [5.41, 5.74) is -0.556. The van der Waals surface area contributed by atoms with Gasteiger partial charge in [0.15, 0.2) is 5.82 Å². The number of carbonyl (C=O) groups is 2. The Morgan fingerprint density at radius 1 is 1.57 bits per heavy atom. The van der Waals surface area contributed by atoms with E-state index in [0.717, 1.165) is 0 Å². The van der Waals surface area contributed by atoms with Gasteiger partial charge in [0.2, 0.25) is 6.41 Å². The molecule has 0 aromatic heterocycles. The highest BCUT2D eigenvalue weighted by atomic mass is 19.1. The number of carbonyl (C=O) groups excluding carboxylic acids is 2. The SMILES string of the molecule is N#Cc1cccc(C(=O)NC=O)c1F. The van der Waals surface area contributed by atoms with Crippen molar-refractivity contribution in [2.75, 3.05) is 0 Å². The molecule has 0 radical (unpaired) electrons. The van der Waals surface area contributed by atoms with E-state index >= 15 is 0 Å². The van der Waals surface area contributed by atoms with E-state index in [2.05, 4.69) is 0 Å². The van der Waals surface area contributed by atoms with E-state index in [0.29, 0.717) is 0 Å². The van der Waals surface area contributed by atoms with E-state index in [1.807, 2.05) is 0 Å². The van der Waals surface area contributed by atoms with E-state index in [9.17, 15) is 14.0 Å². The molecule has 2 amide bonds. The Bertz CT molecular complexity index is 423. The molecular weight excluding hydrogens is 187 g/mol. The maximum atomic E-state index is 13.2. The van der Waals surface area contributed by atoms with Gasteiger partial charge < -0.3 is 0 Å². The predicted molar refractivity (Wildman–Crippen MR) is 44.6 cm³/mol. The molecule has 1 aromatic carbocycles. The molecule has 1 aromatic rings. The van der Waals surface area contributed by atoms with Crippen LogP contribution < -0.4 is 5.32 Å². The summed E-state index contributed by atoms with van der Waals surface area (Å²) in [6.45, 7) is 0. The van der Waals surface area contributed by atoms with Crippen molar-refractivity contribution in [2.24, 2.45) is 0 Å². The fourth-order valence-corrected chi connectivity index (χ4v) is 0.925. The van der Waals surface area contributed by atoms with Gasteiger partial charge in [-0.05, 0) is 12.1 Å². The molecule has 0 saturated heterocycles. The van der Waals surface area contributed by atoms with E-state index in [-0.39, 0.29) is 17.5 Å². The van der Waals surface area contributed by atoms with Crippen LogP contribution in [0.3, 0.4) is 0 Å². The minimum atomic E-state index is -0.922. The maximum absolute atomic E-state index is 13.2. The molecule has 0 unspecified atom stereocenters. The summed E-state index contributed by atoms with van der Waals surface area (Å²) in [7, 11) is 0. The molecule has 0 spiro atoms. The molecule has 14 heavy (non-hydrogen) atoms. The highest BCUT2D eigenvalue weighted by Gasteiger charge is 2.13. The summed E-state index contributed by atoms with van der Waals surface area (Å²) in [6, 6.07) is 5.38. The van der Waals surface area contributed by atoms with Gasteiger partial charge in [0, 0.05) is 0 Å². The number of imide groups is 1. The largest absolute Gasteiger partial charge is 0.295 e. The van der Waals surface area contributed by atoms with Gasteiger partial charge in [-0.1, -0.05) is 6.07 Å². The molecule has 0 atom stereocenters. The lowest BCUT2D eigenvalue weighted by Crippen LogP contribution is -2.22. The Labute approximate surface area is 79.0 Å². The number of benzene rings is 1. The second-order valence-electron chi connectivity index (χ2n) is 2.37. The first-order chi connectivity index (χ1) is 6.70. The van der Waals surface area contributed by atoms with Crippen molar-refractivity contribution in [3.05, 3.63) is 35.1 Å². The number of hydrogen-bond donors (Lipinski definition) is 1. The smallest absolute Gasteiger partial charge is 0.260 e. The summed E-state index contributed by atoms with van der Waals surface area (Å²) < 4.78 is 13.2. The molecule has 1 N–H and O–H groups in total. The fourth-order valence-electron chi connectivity index (χ4n) is 0.925. The van der Waals surface area contributed by atoms with Gasteiger partial charge in [0.25, 0.3) is 5.91 Å². The van der Waals surface area contributed by atoms with Crippen LogP contribution in [0.2, 0.25) is 0 Å². The second-order valence-corrected chi connectivity index (χ2v) is 2.37. The molecule has 0 saturated carbocycles. The number of amides is 2. The van der Waals surface area contributed by atoms with Crippen molar-refractivity contribution in [1.29, 1.82) is 5.26 Å². The molecule has 5 heteroatoms. The van der Waals surface area contributed by atoms with E-state index in [4.69, 9.17) is 5.26 Å². The zero-order valence-electron chi connectivity index (χ0n) is 6.95. The summed E-state index contributed by atoms with van der Waals surface area (Å²) in [6.07, 6.45) is 0.154. The van der Waals surface area contributed by atoms with Crippen LogP contribution in [0.25, 0.3) is 0 Å². The first kappa shape index (κ1) is 9.86. The van der Waals surface area contributed by atoms with E-state index in [1.165, 1.54) is 18.2 Å². The Morgan fingerprint density at radius 2 is 2.29 bits per heavy atom. The van der Waals surface area contributed by atoms with Crippen LogP contribution in [0.5, 0.6) is 0 Å². The van der Waals surface area contributed by atoms with Crippen molar-refractivity contribution in [2.45, 2.75) is 0 Å². The van der Waals surface area contributed by atoms with Gasteiger partial charge in [-0.2, -0.15) is 5.26 Å². The minimum Gasteiger partial charge on any atom is -0.295 e. The summed E-state index contributed by atoms with van der Waals surface area (Å²) in [5.74, 6) is -1.79. The van der Waals surface area contributed by atoms with Crippen LogP contribution in [-0.4, -0.2) is 12.3 Å². The molecule has 70 valence electrons. The number of hydrogen-bond acceptors (Lipinski definition) is 3. The Hall–Kier alpha value is -2.22. The van der Waals surface area contributed by atoms with E-state index in [1.54, 1.807) is 11.4 Å². The van der Waals surface area contributed by atoms with Crippen molar-refractivity contribution in [3.63, 3.8) is 0 Å². The number of rotatable bonds is 2. The minimum absolute atomic E-state index is 0.154. The first-order valence-electron chi connectivity index (χ1n) is 3.64. The third kappa shape index (κ3) is 1.75. The zero-order valence-corrected chi connectivity index (χ0v) is 6.95. The van der Waals surface area contributed by atoms with Crippen LogP contribution in [0, 0.1) is 17.1 Å². The third-order valence-electron chi connectivity index (χ3n) is 1.55. The molecule has 0 bridgehead atoms. The zero-order chi connectivity index (χ0) is 10.6. The van der Waals surface area contributed by atoms with Crippen molar-refractivity contribution >= 4 is 12.3 Å². The predicted octanol–water partition coefficient (Wildman–Crippen LogP) is 0.584. The van der Waals surface area contributed by atoms with Crippen LogP contribution in [0.1, 0.15) is 15.9 Å². The van der Waals surface area contributed by atoms with Gasteiger partial charge in [-0.3, -0.25) is 14.9 Å². The molecule has 0 aliphatic heterocycles. The second kappa shape index (κ2) is 4.14. The van der Waals surface area contributed by atoms with Gasteiger partial charge >= 0.3 is 0 Å². The van der Waals surface area contributed by atoms with E-state index < -0.39 is 11.7 Å². The molecule has 0 aliphatic carbocycles. The number of halogens is 1. The highest BCUT2D eigenvalue weighted by Crippen LogP contribution is 2.11. The quantitative estimate of drug-likeness (QED) is 0.697. The standard InChI is InChI=1S/C9H5FN2O2/c10-8-6(4-11)2-1-3-7(8)9(14)12-5-13/h1-3,5H,(H,12,13,14). The number of nitrogens with zero attached hydrogens (tertiary/aromatic N) is 1. The molecule has 1 rings (SSSR count). The van der Waals surface area contributed by atoms with Crippen molar-refractivity contribution in [3.8, 4) is 6.07 Å². The first-order valence-corrected chi connectivity index (χ1v) is 3.64. The third-order valence-corrected chi connectivity index (χ3v) is 1.55. The van der Waals surface area contributed by atoms with Gasteiger partial charge in [0.1, 0.15) is 6.07 Å². The fraction of sp³-hybridized carbons (Fsp3) is 0. The Morgan fingerprint density at radius 3 is 2.86 bits per heavy atom. The van der Waals surface area contributed by atoms with Crippen molar-refractivity contribution in [1.82, 2.24) is 5.32 Å². The molecule has 4 nitrogen and oxygen atoms in total. The summed E-state index contributed by atoms with van der Waals surface area (Å²) in [4.78, 5) is 21.0. The lowest BCUT2D eigenvalue weighted by atomic mass is 10.1. The average molecular weight is 192 g/mol. The monoisotopic (exact) mass is 192 g/mol. The van der Waals surface area contributed by atoms with Crippen LogP contribution in [0.4, 0.5) is 4.39 Å². The summed E-state index contributed by atoms with van der Waals surface area (Å²) >= 11 is 0. The lowest BCUT2D eigenvalue weighted by Gasteiger charge is -2.00. The number of nitrogens with one attached hydrogen (secondary N) is 1. The van der Waals surface area contributed by atoms with Crippen LogP contribution in [-0.2, 0) is 4.79 Å². The van der Waals surface area contributed by atoms with Crippen LogP contribution in [0.15, 0.2) is 18.2 Å². The van der Waals surface area contributed by atoms with Gasteiger partial charge in [-0.15, -0.1) is 0 Å². The Kier molecular flexibility index (Phi) is 2.92. The normalized spacial score (nSPS) is 8.86. The molecule has 0 fully saturated rings. The van der Waals surface area contributed by atoms with Gasteiger partial charge in [-0.25, -0.2) is 4.39 Å². The molecule has 0 aliphatic rings.